The van der Waals surface area contributed by atoms with Crippen molar-refractivity contribution in [3.63, 3.8) is 0 Å². The average Bonchev–Trinajstić information content (AvgIpc) is 2.77. The summed E-state index contributed by atoms with van der Waals surface area (Å²) in [5, 5.41) is 0. The summed E-state index contributed by atoms with van der Waals surface area (Å²) >= 11 is 0. The normalized spacial score (nSPS) is 11.2. The lowest BCUT2D eigenvalue weighted by molar-refractivity contribution is -0.117. The molecule has 0 spiro atoms. The van der Waals surface area contributed by atoms with E-state index < -0.39 is 15.9 Å². The fourth-order valence-corrected chi connectivity index (χ4v) is 4.77. The van der Waals surface area contributed by atoms with Crippen LogP contribution in [0.15, 0.2) is 77.7 Å². The second-order valence-corrected chi connectivity index (χ2v) is 9.55. The molecular formula is C26H29NO4S. The highest BCUT2D eigenvalue weighted by atomic mass is 32.2. The van der Waals surface area contributed by atoms with Crippen LogP contribution >= 0.6 is 0 Å². The fourth-order valence-electron chi connectivity index (χ4n) is 3.32. The lowest BCUT2D eigenvalue weighted by Gasteiger charge is -2.23. The van der Waals surface area contributed by atoms with E-state index in [1.807, 2.05) is 57.2 Å². The number of rotatable bonds is 9. The Hall–Kier alpha value is -3.12. The van der Waals surface area contributed by atoms with Gasteiger partial charge in [0.2, 0.25) is 5.91 Å². The summed E-state index contributed by atoms with van der Waals surface area (Å²) in [5.74, 6) is 0.249. The molecule has 0 aromatic heterocycles. The minimum absolute atomic E-state index is 0.0481. The standard InChI is InChI=1S/C26H29NO4S/c1-4-22-12-14-23(15-13-22)27(32(29,30)25-16-10-20(2)11-17-25)26(28)9-6-18-31-24-8-5-7-21(3)19-24/h5,7-8,10-17,19H,4,6,9,18H2,1-3H3. The summed E-state index contributed by atoms with van der Waals surface area (Å²) in [7, 11) is -4.04. The quantitative estimate of drug-likeness (QED) is 0.406. The molecule has 0 aliphatic carbocycles. The highest BCUT2D eigenvalue weighted by molar-refractivity contribution is 7.93. The van der Waals surface area contributed by atoms with Crippen molar-refractivity contribution in [2.75, 3.05) is 10.9 Å². The Morgan fingerprint density at radius 2 is 1.59 bits per heavy atom. The largest absolute Gasteiger partial charge is 0.494 e. The number of benzene rings is 3. The van der Waals surface area contributed by atoms with E-state index in [0.717, 1.165) is 33.2 Å². The molecule has 3 aromatic carbocycles. The van der Waals surface area contributed by atoms with Crippen LogP contribution in [0.2, 0.25) is 0 Å². The number of sulfonamides is 1. The third kappa shape index (κ3) is 5.77. The maximum absolute atomic E-state index is 13.4. The average molecular weight is 452 g/mol. The van der Waals surface area contributed by atoms with Crippen LogP contribution in [0.3, 0.4) is 0 Å². The minimum atomic E-state index is -4.04. The number of anilines is 1. The zero-order valence-electron chi connectivity index (χ0n) is 18.7. The first-order valence-electron chi connectivity index (χ1n) is 10.7. The third-order valence-electron chi connectivity index (χ3n) is 5.16. The van der Waals surface area contributed by atoms with Gasteiger partial charge in [0.25, 0.3) is 10.0 Å². The molecule has 3 aromatic rings. The first-order chi connectivity index (χ1) is 15.3. The number of hydrogen-bond acceptors (Lipinski definition) is 4. The van der Waals surface area contributed by atoms with Gasteiger partial charge >= 0.3 is 0 Å². The van der Waals surface area contributed by atoms with E-state index in [0.29, 0.717) is 18.7 Å². The smallest absolute Gasteiger partial charge is 0.270 e. The highest BCUT2D eigenvalue weighted by Gasteiger charge is 2.30. The van der Waals surface area contributed by atoms with Crippen molar-refractivity contribution >= 4 is 21.6 Å². The van der Waals surface area contributed by atoms with Crippen LogP contribution in [0.5, 0.6) is 5.75 Å². The zero-order chi connectivity index (χ0) is 23.1. The first kappa shape index (κ1) is 23.5. The van der Waals surface area contributed by atoms with Crippen LogP contribution < -0.4 is 9.04 Å². The monoisotopic (exact) mass is 451 g/mol. The first-order valence-corrected chi connectivity index (χ1v) is 12.2. The van der Waals surface area contributed by atoms with Crippen molar-refractivity contribution in [1.29, 1.82) is 0 Å². The molecule has 0 unspecified atom stereocenters. The number of ether oxygens (including phenoxy) is 1. The van der Waals surface area contributed by atoms with E-state index in [9.17, 15) is 13.2 Å². The van der Waals surface area contributed by atoms with Crippen molar-refractivity contribution in [1.82, 2.24) is 0 Å². The SMILES string of the molecule is CCc1ccc(N(C(=O)CCCOc2cccc(C)c2)S(=O)(=O)c2ccc(C)cc2)cc1. The van der Waals surface area contributed by atoms with E-state index >= 15 is 0 Å². The Morgan fingerprint density at radius 1 is 0.906 bits per heavy atom. The summed E-state index contributed by atoms with van der Waals surface area (Å²) < 4.78 is 33.4. The van der Waals surface area contributed by atoms with Crippen molar-refractivity contribution in [3.8, 4) is 5.75 Å². The Kier molecular flexibility index (Phi) is 7.70. The molecule has 0 fully saturated rings. The predicted octanol–water partition coefficient (Wildman–Crippen LogP) is 5.45. The van der Waals surface area contributed by atoms with Crippen LogP contribution in [0, 0.1) is 13.8 Å². The van der Waals surface area contributed by atoms with E-state index in [1.165, 1.54) is 12.1 Å². The van der Waals surface area contributed by atoms with Crippen molar-refractivity contribution < 1.29 is 17.9 Å². The predicted molar refractivity (Wildman–Crippen MR) is 128 cm³/mol. The maximum atomic E-state index is 13.4. The lowest BCUT2D eigenvalue weighted by atomic mass is 10.1. The van der Waals surface area contributed by atoms with Gasteiger partial charge in [-0.15, -0.1) is 0 Å². The fraction of sp³-hybridized carbons (Fsp3) is 0.269. The van der Waals surface area contributed by atoms with Crippen molar-refractivity contribution in [2.24, 2.45) is 0 Å². The van der Waals surface area contributed by atoms with Crippen molar-refractivity contribution in [2.45, 2.75) is 44.9 Å². The third-order valence-corrected chi connectivity index (χ3v) is 6.92. The molecule has 1 amide bonds. The number of nitrogens with zero attached hydrogens (tertiary/aromatic N) is 1. The van der Waals surface area contributed by atoms with Crippen molar-refractivity contribution in [3.05, 3.63) is 89.5 Å². The summed E-state index contributed by atoms with van der Waals surface area (Å²) in [4.78, 5) is 13.2. The highest BCUT2D eigenvalue weighted by Crippen LogP contribution is 2.26. The van der Waals surface area contributed by atoms with Crippen LogP contribution in [0.1, 0.15) is 36.5 Å². The number of amides is 1. The zero-order valence-corrected chi connectivity index (χ0v) is 19.6. The number of carbonyl (C=O) groups excluding carboxylic acids is 1. The minimum Gasteiger partial charge on any atom is -0.494 e. The van der Waals surface area contributed by atoms with Crippen LogP contribution in [-0.4, -0.2) is 20.9 Å². The van der Waals surface area contributed by atoms with Gasteiger partial charge in [0.05, 0.1) is 17.2 Å². The van der Waals surface area contributed by atoms with Gasteiger partial charge in [-0.1, -0.05) is 48.9 Å². The van der Waals surface area contributed by atoms with Gasteiger partial charge in [0, 0.05) is 6.42 Å². The lowest BCUT2D eigenvalue weighted by Crippen LogP contribution is -2.37. The van der Waals surface area contributed by atoms with Gasteiger partial charge in [-0.3, -0.25) is 4.79 Å². The topological polar surface area (TPSA) is 63.7 Å². The molecule has 0 radical (unpaired) electrons. The molecule has 0 heterocycles. The molecule has 6 heteroatoms. The van der Waals surface area contributed by atoms with E-state index in [-0.39, 0.29) is 11.3 Å². The summed E-state index contributed by atoms with van der Waals surface area (Å²) in [5.41, 5.74) is 3.44. The van der Waals surface area contributed by atoms with Crippen LogP contribution in [0.4, 0.5) is 5.69 Å². The molecule has 5 nitrogen and oxygen atoms in total. The second kappa shape index (κ2) is 10.5. The molecule has 32 heavy (non-hydrogen) atoms. The number of aryl methyl sites for hydroxylation is 3. The van der Waals surface area contributed by atoms with E-state index in [2.05, 4.69) is 0 Å². The maximum Gasteiger partial charge on any atom is 0.270 e. The molecule has 0 bridgehead atoms. The summed E-state index contributed by atoms with van der Waals surface area (Å²) in [6, 6.07) is 21.3. The van der Waals surface area contributed by atoms with Gasteiger partial charge < -0.3 is 4.74 Å². The summed E-state index contributed by atoms with van der Waals surface area (Å²) in [6.07, 6.45) is 1.28. The molecule has 168 valence electrons. The van der Waals surface area contributed by atoms with Gasteiger partial charge in [-0.25, -0.2) is 12.7 Å². The second-order valence-electron chi connectivity index (χ2n) is 7.76. The van der Waals surface area contributed by atoms with Gasteiger partial charge in [-0.05, 0) is 74.2 Å². The molecule has 0 aliphatic rings. The molecule has 0 saturated carbocycles. The molecule has 0 saturated heterocycles. The van der Waals surface area contributed by atoms with Gasteiger partial charge in [-0.2, -0.15) is 0 Å². The Morgan fingerprint density at radius 3 is 2.22 bits per heavy atom. The summed E-state index contributed by atoms with van der Waals surface area (Å²) in [6.45, 7) is 6.21. The molecule has 0 N–H and O–H groups in total. The van der Waals surface area contributed by atoms with Crippen LogP contribution in [-0.2, 0) is 21.2 Å². The number of carbonyl (C=O) groups is 1. The Balaban J connectivity index is 1.79. The molecular weight excluding hydrogens is 422 g/mol. The molecule has 0 atom stereocenters. The van der Waals surface area contributed by atoms with Crippen LogP contribution in [0.25, 0.3) is 0 Å². The Labute approximate surface area is 190 Å². The van der Waals surface area contributed by atoms with Gasteiger partial charge in [0.1, 0.15) is 5.75 Å². The number of hydrogen-bond donors (Lipinski definition) is 0. The Bertz CT molecular complexity index is 1150. The molecule has 0 aliphatic heterocycles. The van der Waals surface area contributed by atoms with E-state index in [1.54, 1.807) is 24.3 Å². The van der Waals surface area contributed by atoms with E-state index in [4.69, 9.17) is 4.74 Å². The molecule has 3 rings (SSSR count). The van der Waals surface area contributed by atoms with Gasteiger partial charge in [0.15, 0.2) is 0 Å².